The van der Waals surface area contributed by atoms with E-state index in [0.717, 1.165) is 21.4 Å². The van der Waals surface area contributed by atoms with Crippen LogP contribution in [0.15, 0.2) is 46.8 Å². The zero-order chi connectivity index (χ0) is 26.4. The summed E-state index contributed by atoms with van der Waals surface area (Å²) in [5.74, 6) is -0.511. The Hall–Kier alpha value is -3.32. The molecule has 13 heteroatoms. The predicted molar refractivity (Wildman–Crippen MR) is 128 cm³/mol. The van der Waals surface area contributed by atoms with E-state index >= 15 is 0 Å². The molecule has 0 amide bonds. The third-order valence-electron chi connectivity index (χ3n) is 5.32. The van der Waals surface area contributed by atoms with Crippen molar-refractivity contribution in [2.75, 3.05) is 0 Å². The highest BCUT2D eigenvalue weighted by Crippen LogP contribution is 2.37. The molecule has 4 aromatic rings. The highest BCUT2D eigenvalue weighted by molar-refractivity contribution is 7.92. The van der Waals surface area contributed by atoms with Crippen molar-refractivity contribution >= 4 is 38.2 Å². The van der Waals surface area contributed by atoms with Gasteiger partial charge in [0.1, 0.15) is 21.3 Å². The molecule has 192 valence electrons. The summed E-state index contributed by atoms with van der Waals surface area (Å²) in [4.78, 5) is 11.4. The number of aliphatic carboxylic acids is 1. The van der Waals surface area contributed by atoms with Crippen LogP contribution in [0.4, 0.5) is 13.2 Å². The van der Waals surface area contributed by atoms with Crippen LogP contribution in [0.1, 0.15) is 31.5 Å². The van der Waals surface area contributed by atoms with Gasteiger partial charge in [0, 0.05) is 25.1 Å². The lowest BCUT2D eigenvalue weighted by Crippen LogP contribution is -2.11. The van der Waals surface area contributed by atoms with Crippen molar-refractivity contribution in [1.29, 1.82) is 0 Å². The van der Waals surface area contributed by atoms with E-state index in [9.17, 15) is 26.4 Å². The first-order valence-corrected chi connectivity index (χ1v) is 13.0. The summed E-state index contributed by atoms with van der Waals surface area (Å²) in [6, 6.07) is 8.47. The number of rotatable bonds is 8. The van der Waals surface area contributed by atoms with Crippen LogP contribution in [0.3, 0.4) is 0 Å². The smallest absolute Gasteiger partial charge is 0.433 e. The van der Waals surface area contributed by atoms with E-state index in [1.165, 1.54) is 25.4 Å². The van der Waals surface area contributed by atoms with Crippen molar-refractivity contribution in [3.05, 3.63) is 53.9 Å². The molecule has 0 aliphatic rings. The van der Waals surface area contributed by atoms with Crippen molar-refractivity contribution in [3.8, 4) is 16.3 Å². The van der Waals surface area contributed by atoms with Gasteiger partial charge < -0.3 is 9.84 Å². The van der Waals surface area contributed by atoms with Gasteiger partial charge in [-0.25, -0.2) is 3.97 Å². The number of alkyl halides is 3. The SMILES string of the molecule is CC(C)Oc1ccc2c(c1)c(CCC(=O)O)cn2S(=O)(=O)c1ccc(-c2cc(C(F)(F)F)n(C)n2)s1. The number of ether oxygens (including phenoxy) is 1. The van der Waals surface area contributed by atoms with Gasteiger partial charge in [-0.05, 0) is 62.2 Å². The standard InChI is InChI=1S/C23H22F3N3O5S2/c1-13(2)34-15-5-6-18-16(10-15)14(4-8-21(30)31)12-29(18)36(32,33)22-9-7-19(35-22)17-11-20(23(24,25)26)28(3)27-17/h5-7,9-13H,4,8H2,1-3H3,(H,30,31). The summed E-state index contributed by atoms with van der Waals surface area (Å²) in [6.45, 7) is 3.69. The summed E-state index contributed by atoms with van der Waals surface area (Å²) in [6.07, 6.45) is -3.43. The molecule has 0 bridgehead atoms. The number of carboxylic acids is 1. The number of nitrogens with zero attached hydrogens (tertiary/aromatic N) is 3. The Kier molecular flexibility index (Phi) is 6.64. The fraction of sp³-hybridized carbons (Fsp3) is 0.304. The fourth-order valence-electron chi connectivity index (χ4n) is 3.78. The summed E-state index contributed by atoms with van der Waals surface area (Å²) >= 11 is 0.797. The van der Waals surface area contributed by atoms with Crippen LogP contribution in [0.25, 0.3) is 21.5 Å². The van der Waals surface area contributed by atoms with Crippen LogP contribution in [0, 0.1) is 0 Å². The van der Waals surface area contributed by atoms with E-state index in [2.05, 4.69) is 5.10 Å². The summed E-state index contributed by atoms with van der Waals surface area (Å²) in [7, 11) is -2.98. The number of aromatic nitrogens is 3. The first-order valence-electron chi connectivity index (χ1n) is 10.8. The van der Waals surface area contributed by atoms with Gasteiger partial charge in [-0.15, -0.1) is 11.3 Å². The maximum atomic E-state index is 13.6. The Balaban J connectivity index is 1.77. The molecule has 0 radical (unpaired) electrons. The number of halogens is 3. The zero-order valence-corrected chi connectivity index (χ0v) is 21.0. The molecular weight excluding hydrogens is 519 g/mol. The maximum absolute atomic E-state index is 13.6. The molecule has 8 nitrogen and oxygen atoms in total. The number of fused-ring (bicyclic) bond motifs is 1. The second kappa shape index (κ2) is 9.28. The first kappa shape index (κ1) is 25.8. The molecule has 4 rings (SSSR count). The molecule has 1 aromatic carbocycles. The van der Waals surface area contributed by atoms with Crippen LogP contribution in [-0.2, 0) is 34.5 Å². The van der Waals surface area contributed by atoms with Crippen LogP contribution in [-0.4, -0.2) is 39.4 Å². The Morgan fingerprint density at radius 1 is 1.19 bits per heavy atom. The molecule has 0 fully saturated rings. The second-order valence-electron chi connectivity index (χ2n) is 8.35. The van der Waals surface area contributed by atoms with Crippen LogP contribution < -0.4 is 4.74 Å². The molecule has 0 aliphatic carbocycles. The Morgan fingerprint density at radius 2 is 1.92 bits per heavy atom. The Morgan fingerprint density at radius 3 is 2.53 bits per heavy atom. The lowest BCUT2D eigenvalue weighted by Gasteiger charge is -2.10. The third kappa shape index (κ3) is 4.98. The minimum absolute atomic E-state index is 0.00580. The average molecular weight is 542 g/mol. The molecule has 0 unspecified atom stereocenters. The summed E-state index contributed by atoms with van der Waals surface area (Å²) in [5.41, 5.74) is -0.0967. The minimum Gasteiger partial charge on any atom is -0.491 e. The predicted octanol–water partition coefficient (Wildman–Crippen LogP) is 5.16. The normalized spacial score (nSPS) is 12.5. The third-order valence-corrected chi connectivity index (χ3v) is 8.57. The number of aryl methyl sites for hydroxylation is 2. The van der Waals surface area contributed by atoms with E-state index in [0.29, 0.717) is 26.9 Å². The number of carbonyl (C=O) groups is 1. The van der Waals surface area contributed by atoms with Gasteiger partial charge >= 0.3 is 12.1 Å². The largest absolute Gasteiger partial charge is 0.491 e. The monoisotopic (exact) mass is 541 g/mol. The number of carboxylic acid groups (broad SMARTS) is 1. The van der Waals surface area contributed by atoms with Crippen molar-refractivity contribution < 1.29 is 36.2 Å². The van der Waals surface area contributed by atoms with E-state index in [-0.39, 0.29) is 33.7 Å². The number of thiophene rings is 1. The first-order chi connectivity index (χ1) is 16.8. The van der Waals surface area contributed by atoms with Crippen molar-refractivity contribution in [1.82, 2.24) is 13.8 Å². The average Bonchev–Trinajstić information content (AvgIpc) is 3.48. The van der Waals surface area contributed by atoms with Gasteiger partial charge in [-0.1, -0.05) is 0 Å². The molecular formula is C23H22F3N3O5S2. The number of hydrogen-bond acceptors (Lipinski definition) is 6. The van der Waals surface area contributed by atoms with Crippen LogP contribution in [0.2, 0.25) is 0 Å². The van der Waals surface area contributed by atoms with Crippen LogP contribution in [0.5, 0.6) is 5.75 Å². The van der Waals surface area contributed by atoms with Gasteiger partial charge in [0.25, 0.3) is 10.0 Å². The lowest BCUT2D eigenvalue weighted by molar-refractivity contribution is -0.143. The van der Waals surface area contributed by atoms with E-state index in [4.69, 9.17) is 9.84 Å². The van der Waals surface area contributed by atoms with Gasteiger partial charge in [-0.2, -0.15) is 26.7 Å². The van der Waals surface area contributed by atoms with E-state index in [1.807, 2.05) is 13.8 Å². The van der Waals surface area contributed by atoms with Gasteiger partial charge in [0.15, 0.2) is 0 Å². The molecule has 0 atom stereocenters. The van der Waals surface area contributed by atoms with Gasteiger partial charge in [-0.3, -0.25) is 9.48 Å². The second-order valence-corrected chi connectivity index (χ2v) is 11.5. The molecule has 3 aromatic heterocycles. The maximum Gasteiger partial charge on any atom is 0.433 e. The van der Waals surface area contributed by atoms with E-state index in [1.54, 1.807) is 18.2 Å². The quantitative estimate of drug-likeness (QED) is 0.330. The molecule has 36 heavy (non-hydrogen) atoms. The van der Waals surface area contributed by atoms with Gasteiger partial charge in [0.2, 0.25) is 0 Å². The summed E-state index contributed by atoms with van der Waals surface area (Å²) < 4.78 is 74.0. The van der Waals surface area contributed by atoms with Gasteiger partial charge in [0.05, 0.1) is 16.5 Å². The van der Waals surface area contributed by atoms with Crippen LogP contribution >= 0.6 is 11.3 Å². The topological polar surface area (TPSA) is 103 Å². The van der Waals surface area contributed by atoms with Crippen molar-refractivity contribution in [2.45, 2.75) is 43.2 Å². The fourth-order valence-corrected chi connectivity index (χ4v) is 6.52. The molecule has 1 N–H and O–H groups in total. The highest BCUT2D eigenvalue weighted by atomic mass is 32.2. The minimum atomic E-state index is -4.60. The molecule has 0 aliphatic heterocycles. The zero-order valence-electron chi connectivity index (χ0n) is 19.4. The van der Waals surface area contributed by atoms with Crippen molar-refractivity contribution in [2.24, 2.45) is 7.05 Å². The Labute approximate surface area is 208 Å². The lowest BCUT2D eigenvalue weighted by atomic mass is 10.1. The molecule has 0 spiro atoms. The van der Waals surface area contributed by atoms with E-state index < -0.39 is 27.9 Å². The number of benzene rings is 1. The molecule has 3 heterocycles. The molecule has 0 saturated carbocycles. The highest BCUT2D eigenvalue weighted by Gasteiger charge is 2.35. The van der Waals surface area contributed by atoms with Crippen molar-refractivity contribution in [3.63, 3.8) is 0 Å². The number of hydrogen-bond donors (Lipinski definition) is 1. The molecule has 0 saturated heterocycles. The summed E-state index contributed by atoms with van der Waals surface area (Å²) in [5, 5.41) is 13.5. The Bertz CT molecular complexity index is 1550.